The van der Waals surface area contributed by atoms with E-state index in [-0.39, 0.29) is 6.42 Å². The Morgan fingerprint density at radius 3 is 2.00 bits per heavy atom. The van der Waals surface area contributed by atoms with Gasteiger partial charge in [-0.05, 0) is 43.2 Å². The van der Waals surface area contributed by atoms with Gasteiger partial charge in [0.25, 0.3) is 0 Å². The molecule has 2 aliphatic rings. The lowest BCUT2D eigenvalue weighted by molar-refractivity contribution is -0.138. The standard InChI is InChI=1S/C12H23N.C9H9N3O2/c1-3-7-11(8-4-1)13-12-9-5-2-6-10-12;10-12-11-8(9(13)14)6-7-4-2-1-3-5-7/h11-13H,1-10H2;1-5,8H,6H2,(H,13,14)/t;8-/m.0/s1. The number of nitrogens with zero attached hydrogens (tertiary/aromatic N) is 3. The smallest absolute Gasteiger partial charge is 0.312 e. The molecule has 27 heavy (non-hydrogen) atoms. The van der Waals surface area contributed by atoms with Crippen molar-refractivity contribution in [3.63, 3.8) is 0 Å². The van der Waals surface area contributed by atoms with E-state index in [0.29, 0.717) is 0 Å². The summed E-state index contributed by atoms with van der Waals surface area (Å²) < 4.78 is 0. The molecule has 1 aromatic carbocycles. The van der Waals surface area contributed by atoms with Crippen LogP contribution in [0.1, 0.15) is 69.8 Å². The summed E-state index contributed by atoms with van der Waals surface area (Å²) in [5.74, 6) is -1.10. The number of carboxylic acids is 1. The normalized spacial score (nSPS) is 19.3. The first kappa shape index (κ1) is 21.3. The molecule has 0 radical (unpaired) electrons. The van der Waals surface area contributed by atoms with Crippen LogP contribution in [0.25, 0.3) is 10.4 Å². The van der Waals surface area contributed by atoms with Crippen LogP contribution in [-0.2, 0) is 11.2 Å². The highest BCUT2D eigenvalue weighted by atomic mass is 16.4. The molecule has 2 aliphatic carbocycles. The lowest BCUT2D eigenvalue weighted by Crippen LogP contribution is -2.40. The lowest BCUT2D eigenvalue weighted by Gasteiger charge is -2.30. The van der Waals surface area contributed by atoms with Gasteiger partial charge in [-0.25, -0.2) is 0 Å². The Hall–Kier alpha value is -2.04. The van der Waals surface area contributed by atoms with Crippen molar-refractivity contribution in [2.45, 2.75) is 88.8 Å². The molecule has 0 unspecified atom stereocenters. The molecule has 0 saturated heterocycles. The van der Waals surface area contributed by atoms with E-state index in [4.69, 9.17) is 10.6 Å². The lowest BCUT2D eigenvalue weighted by atomic mass is 9.91. The van der Waals surface area contributed by atoms with Crippen LogP contribution in [0, 0.1) is 0 Å². The number of hydrogen-bond donors (Lipinski definition) is 2. The van der Waals surface area contributed by atoms with Gasteiger partial charge in [-0.3, -0.25) is 4.79 Å². The molecule has 0 bridgehead atoms. The van der Waals surface area contributed by atoms with E-state index in [1.54, 1.807) is 12.1 Å². The molecular weight excluding hydrogens is 340 g/mol. The fourth-order valence-electron chi connectivity index (χ4n) is 3.95. The summed E-state index contributed by atoms with van der Waals surface area (Å²) in [5, 5.41) is 15.8. The maximum atomic E-state index is 10.6. The monoisotopic (exact) mass is 372 g/mol. The van der Waals surface area contributed by atoms with Crippen molar-refractivity contribution in [1.82, 2.24) is 5.32 Å². The highest BCUT2D eigenvalue weighted by Crippen LogP contribution is 2.22. The van der Waals surface area contributed by atoms with Crippen molar-refractivity contribution in [2.24, 2.45) is 5.11 Å². The third-order valence-electron chi connectivity index (χ3n) is 5.43. The Bertz CT molecular complexity index is 571. The molecule has 2 N–H and O–H groups in total. The average molecular weight is 373 g/mol. The van der Waals surface area contributed by atoms with Gasteiger partial charge in [0.1, 0.15) is 6.04 Å². The van der Waals surface area contributed by atoms with Crippen molar-refractivity contribution in [3.05, 3.63) is 46.3 Å². The maximum absolute atomic E-state index is 10.6. The zero-order chi connectivity index (χ0) is 19.3. The summed E-state index contributed by atoms with van der Waals surface area (Å²) in [6, 6.07) is 9.77. The molecule has 0 aromatic heterocycles. The topological polar surface area (TPSA) is 98.1 Å². The quantitative estimate of drug-likeness (QED) is 0.406. The second-order valence-corrected chi connectivity index (χ2v) is 7.59. The molecule has 1 aromatic rings. The minimum Gasteiger partial charge on any atom is -0.481 e. The van der Waals surface area contributed by atoms with Gasteiger partial charge in [-0.2, -0.15) is 0 Å². The summed E-state index contributed by atoms with van der Waals surface area (Å²) in [5.41, 5.74) is 9.00. The van der Waals surface area contributed by atoms with E-state index in [1.807, 2.05) is 18.2 Å². The molecule has 3 rings (SSSR count). The second kappa shape index (κ2) is 12.4. The van der Waals surface area contributed by atoms with Crippen LogP contribution in [0.2, 0.25) is 0 Å². The van der Waals surface area contributed by atoms with E-state index in [9.17, 15) is 4.79 Å². The van der Waals surface area contributed by atoms with E-state index in [0.717, 1.165) is 17.6 Å². The van der Waals surface area contributed by atoms with Crippen LogP contribution in [0.4, 0.5) is 0 Å². The van der Waals surface area contributed by atoms with Crippen LogP contribution in [0.15, 0.2) is 35.4 Å². The van der Waals surface area contributed by atoms with Crippen molar-refractivity contribution < 1.29 is 9.90 Å². The van der Waals surface area contributed by atoms with Gasteiger partial charge in [-0.15, -0.1) is 0 Å². The molecular formula is C21H32N4O2. The molecule has 0 heterocycles. The number of carbonyl (C=O) groups is 1. The number of carboxylic acid groups (broad SMARTS) is 1. The fourth-order valence-corrected chi connectivity index (χ4v) is 3.95. The highest BCUT2D eigenvalue weighted by Gasteiger charge is 2.19. The Balaban J connectivity index is 0.000000194. The van der Waals surface area contributed by atoms with Crippen molar-refractivity contribution in [3.8, 4) is 0 Å². The van der Waals surface area contributed by atoms with Crippen LogP contribution >= 0.6 is 0 Å². The van der Waals surface area contributed by atoms with Crippen molar-refractivity contribution in [1.29, 1.82) is 0 Å². The summed E-state index contributed by atoms with van der Waals surface area (Å²) >= 11 is 0. The number of benzene rings is 1. The molecule has 0 aliphatic heterocycles. The van der Waals surface area contributed by atoms with E-state index in [2.05, 4.69) is 15.3 Å². The molecule has 1 atom stereocenters. The molecule has 6 nitrogen and oxygen atoms in total. The van der Waals surface area contributed by atoms with Crippen molar-refractivity contribution >= 4 is 5.97 Å². The third-order valence-corrected chi connectivity index (χ3v) is 5.43. The number of aliphatic carboxylic acids is 1. The van der Waals surface area contributed by atoms with Gasteiger partial charge in [0.2, 0.25) is 0 Å². The number of rotatable bonds is 6. The molecule has 2 saturated carbocycles. The van der Waals surface area contributed by atoms with Gasteiger partial charge in [0.15, 0.2) is 0 Å². The molecule has 0 spiro atoms. The summed E-state index contributed by atoms with van der Waals surface area (Å²) in [7, 11) is 0. The van der Waals surface area contributed by atoms with E-state index < -0.39 is 12.0 Å². The largest absolute Gasteiger partial charge is 0.481 e. The Labute approximate surface area is 162 Å². The number of azide groups is 1. The van der Waals surface area contributed by atoms with E-state index in [1.165, 1.54) is 64.2 Å². The highest BCUT2D eigenvalue weighted by molar-refractivity contribution is 5.74. The minimum absolute atomic E-state index is 0.222. The maximum Gasteiger partial charge on any atom is 0.312 e. The van der Waals surface area contributed by atoms with Crippen LogP contribution < -0.4 is 5.32 Å². The predicted molar refractivity (Wildman–Crippen MR) is 108 cm³/mol. The second-order valence-electron chi connectivity index (χ2n) is 7.59. The molecule has 148 valence electrons. The zero-order valence-corrected chi connectivity index (χ0v) is 16.1. The zero-order valence-electron chi connectivity index (χ0n) is 16.1. The minimum atomic E-state index is -1.10. The first-order valence-electron chi connectivity index (χ1n) is 10.3. The average Bonchev–Trinajstić information content (AvgIpc) is 2.70. The SMILES string of the molecule is C1CCC(NC2CCCCC2)CC1.[N-]=[N+]=N[C@@H](Cc1ccccc1)C(=O)O. The molecule has 6 heteroatoms. The number of nitrogens with one attached hydrogen (secondary N) is 1. The van der Waals surface area contributed by atoms with Crippen molar-refractivity contribution in [2.75, 3.05) is 0 Å². The molecule has 2 fully saturated rings. The van der Waals surface area contributed by atoms with Crippen LogP contribution in [0.5, 0.6) is 0 Å². The third kappa shape index (κ3) is 8.46. The fraction of sp³-hybridized carbons (Fsp3) is 0.667. The van der Waals surface area contributed by atoms with Gasteiger partial charge < -0.3 is 10.4 Å². The summed E-state index contributed by atoms with van der Waals surface area (Å²) in [6.07, 6.45) is 14.8. The first-order chi connectivity index (χ1) is 13.2. The molecule has 0 amide bonds. The van der Waals surface area contributed by atoms with E-state index >= 15 is 0 Å². The van der Waals surface area contributed by atoms with Crippen LogP contribution in [0.3, 0.4) is 0 Å². The van der Waals surface area contributed by atoms with Gasteiger partial charge in [0.05, 0.1) is 0 Å². The Kier molecular flexibility index (Phi) is 9.74. The Morgan fingerprint density at radius 1 is 1.04 bits per heavy atom. The first-order valence-corrected chi connectivity index (χ1v) is 10.3. The van der Waals surface area contributed by atoms with Gasteiger partial charge >= 0.3 is 5.97 Å². The Morgan fingerprint density at radius 2 is 1.56 bits per heavy atom. The summed E-state index contributed by atoms with van der Waals surface area (Å²) in [6.45, 7) is 0. The summed E-state index contributed by atoms with van der Waals surface area (Å²) in [4.78, 5) is 13.1. The van der Waals surface area contributed by atoms with Crippen LogP contribution in [-0.4, -0.2) is 29.2 Å². The number of hydrogen-bond acceptors (Lipinski definition) is 3. The van der Waals surface area contributed by atoms with Gasteiger partial charge in [0, 0.05) is 17.0 Å². The predicted octanol–water partition coefficient (Wildman–Crippen LogP) is 5.23. The van der Waals surface area contributed by atoms with Gasteiger partial charge in [-0.1, -0.05) is 74.0 Å².